The van der Waals surface area contributed by atoms with Gasteiger partial charge in [-0.3, -0.25) is 4.99 Å². The van der Waals surface area contributed by atoms with E-state index >= 15 is 0 Å². The van der Waals surface area contributed by atoms with Gasteiger partial charge in [0, 0.05) is 25.0 Å². The third-order valence-electron chi connectivity index (χ3n) is 4.03. The molecule has 4 nitrogen and oxygen atoms in total. The van der Waals surface area contributed by atoms with Crippen molar-refractivity contribution in [3.8, 4) is 5.75 Å². The van der Waals surface area contributed by atoms with E-state index in [1.54, 1.807) is 7.11 Å². The number of aliphatic imine (C=N–C) groups is 1. The molecule has 2 N–H and O–H groups in total. The Kier molecular flexibility index (Phi) is 3.32. The minimum atomic E-state index is 0.274. The predicted octanol–water partition coefficient (Wildman–Crippen LogP) is 1.67. The second-order valence-corrected chi connectivity index (χ2v) is 5.38. The fraction of sp³-hybridized carbons (Fsp3) is 0.533. The average molecular weight is 259 g/mol. The van der Waals surface area contributed by atoms with E-state index in [2.05, 4.69) is 33.8 Å². The molecule has 2 aliphatic rings. The Labute approximate surface area is 114 Å². The molecule has 0 radical (unpaired) electrons. The number of nitrogens with zero attached hydrogens (tertiary/aromatic N) is 1. The minimum Gasteiger partial charge on any atom is -0.497 e. The average Bonchev–Trinajstić information content (AvgIpc) is 3.28. The number of methoxy groups -OCH3 is 1. The molecule has 1 saturated carbocycles. The zero-order valence-electron chi connectivity index (χ0n) is 11.4. The van der Waals surface area contributed by atoms with Gasteiger partial charge in [0.1, 0.15) is 5.75 Å². The van der Waals surface area contributed by atoms with Gasteiger partial charge < -0.3 is 15.4 Å². The Morgan fingerprint density at radius 1 is 1.42 bits per heavy atom. The molecule has 1 aliphatic carbocycles. The normalized spacial score (nSPS) is 20.2. The lowest BCUT2D eigenvalue weighted by Crippen LogP contribution is -2.43. The maximum atomic E-state index is 5.32. The first-order valence-electron chi connectivity index (χ1n) is 6.99. The predicted molar refractivity (Wildman–Crippen MR) is 76.8 cm³/mol. The first-order chi connectivity index (χ1) is 9.32. The smallest absolute Gasteiger partial charge is 0.191 e. The molecule has 102 valence electrons. The van der Waals surface area contributed by atoms with E-state index in [9.17, 15) is 0 Å². The van der Waals surface area contributed by atoms with Crippen LogP contribution < -0.4 is 15.4 Å². The molecule has 0 atom stereocenters. The van der Waals surface area contributed by atoms with Gasteiger partial charge in [0.15, 0.2) is 5.96 Å². The summed E-state index contributed by atoms with van der Waals surface area (Å²) in [6, 6.07) is 8.43. The van der Waals surface area contributed by atoms with Gasteiger partial charge in [0.2, 0.25) is 0 Å². The van der Waals surface area contributed by atoms with Crippen LogP contribution in [-0.4, -0.2) is 32.7 Å². The summed E-state index contributed by atoms with van der Waals surface area (Å²) in [4.78, 5) is 4.46. The second kappa shape index (κ2) is 5.11. The van der Waals surface area contributed by atoms with Gasteiger partial charge >= 0.3 is 0 Å². The highest BCUT2D eigenvalue weighted by atomic mass is 16.5. The van der Waals surface area contributed by atoms with Crippen molar-refractivity contribution in [3.05, 3.63) is 29.8 Å². The molecule has 1 aliphatic heterocycles. The molecule has 0 saturated heterocycles. The summed E-state index contributed by atoms with van der Waals surface area (Å²) in [7, 11) is 1.72. The van der Waals surface area contributed by atoms with Gasteiger partial charge in [-0.05, 0) is 37.0 Å². The summed E-state index contributed by atoms with van der Waals surface area (Å²) in [5, 5.41) is 6.77. The Hall–Kier alpha value is -1.71. The highest BCUT2D eigenvalue weighted by Crippen LogP contribution is 2.48. The van der Waals surface area contributed by atoms with E-state index in [-0.39, 0.29) is 5.41 Å². The lowest BCUT2D eigenvalue weighted by Gasteiger charge is -2.21. The topological polar surface area (TPSA) is 45.6 Å². The van der Waals surface area contributed by atoms with Crippen molar-refractivity contribution >= 4 is 5.96 Å². The molecular formula is C15H21N3O. The highest BCUT2D eigenvalue weighted by molar-refractivity contribution is 5.80. The molecule has 4 heteroatoms. The van der Waals surface area contributed by atoms with Crippen LogP contribution in [0.2, 0.25) is 0 Å². The van der Waals surface area contributed by atoms with Crippen molar-refractivity contribution in [1.29, 1.82) is 0 Å². The molecule has 19 heavy (non-hydrogen) atoms. The Bertz CT molecular complexity index is 480. The van der Waals surface area contributed by atoms with Gasteiger partial charge in [-0.2, -0.15) is 0 Å². The van der Waals surface area contributed by atoms with Crippen LogP contribution in [-0.2, 0) is 5.41 Å². The van der Waals surface area contributed by atoms with Crippen molar-refractivity contribution in [2.75, 3.05) is 26.7 Å². The maximum absolute atomic E-state index is 5.32. The fourth-order valence-corrected chi connectivity index (χ4v) is 2.58. The number of benzene rings is 1. The summed E-state index contributed by atoms with van der Waals surface area (Å²) < 4.78 is 5.32. The molecular weight excluding hydrogens is 238 g/mol. The van der Waals surface area contributed by atoms with Gasteiger partial charge in [-0.1, -0.05) is 12.1 Å². The van der Waals surface area contributed by atoms with Crippen LogP contribution in [0.5, 0.6) is 5.75 Å². The minimum absolute atomic E-state index is 0.274. The third-order valence-corrected chi connectivity index (χ3v) is 4.03. The van der Waals surface area contributed by atoms with Crippen molar-refractivity contribution < 1.29 is 4.74 Å². The number of nitrogens with one attached hydrogen (secondary N) is 2. The summed E-state index contributed by atoms with van der Waals surface area (Å²) in [5.74, 6) is 1.90. The van der Waals surface area contributed by atoms with Gasteiger partial charge in [-0.15, -0.1) is 0 Å². The number of hydrogen-bond acceptors (Lipinski definition) is 4. The van der Waals surface area contributed by atoms with Crippen LogP contribution in [0.4, 0.5) is 0 Å². The summed E-state index contributed by atoms with van der Waals surface area (Å²) in [5.41, 5.74) is 1.65. The van der Waals surface area contributed by atoms with Gasteiger partial charge in [0.05, 0.1) is 7.11 Å². The SMILES string of the molecule is COc1cccc(C2(CNC3=NCCCN3)CC2)c1. The standard InChI is InChI=1S/C15H21N3O/c1-19-13-5-2-4-12(10-13)15(6-7-15)11-18-14-16-8-3-9-17-14/h2,4-5,10H,3,6-9,11H2,1H3,(H2,16,17,18). The van der Waals surface area contributed by atoms with Crippen molar-refractivity contribution in [3.63, 3.8) is 0 Å². The van der Waals surface area contributed by atoms with Crippen LogP contribution in [0.25, 0.3) is 0 Å². The Morgan fingerprint density at radius 2 is 2.32 bits per heavy atom. The lowest BCUT2D eigenvalue weighted by atomic mass is 9.96. The fourth-order valence-electron chi connectivity index (χ4n) is 2.58. The first-order valence-corrected chi connectivity index (χ1v) is 6.99. The quantitative estimate of drug-likeness (QED) is 0.864. The number of ether oxygens (including phenoxy) is 1. The monoisotopic (exact) mass is 259 g/mol. The summed E-state index contributed by atoms with van der Waals surface area (Å²) in [6.45, 7) is 2.91. The first kappa shape index (κ1) is 12.3. The van der Waals surface area contributed by atoms with E-state index in [1.807, 2.05) is 6.07 Å². The summed E-state index contributed by atoms with van der Waals surface area (Å²) in [6.07, 6.45) is 3.60. The molecule has 1 fully saturated rings. The van der Waals surface area contributed by atoms with Crippen LogP contribution in [0.3, 0.4) is 0 Å². The van der Waals surface area contributed by atoms with Crippen LogP contribution in [0.15, 0.2) is 29.3 Å². The molecule has 1 heterocycles. The molecule has 0 amide bonds. The van der Waals surface area contributed by atoms with Crippen molar-refractivity contribution in [1.82, 2.24) is 10.6 Å². The largest absolute Gasteiger partial charge is 0.497 e. The van der Waals surface area contributed by atoms with E-state index in [0.717, 1.165) is 37.8 Å². The van der Waals surface area contributed by atoms with Crippen LogP contribution in [0, 0.1) is 0 Å². The number of guanidine groups is 1. The van der Waals surface area contributed by atoms with Crippen LogP contribution >= 0.6 is 0 Å². The van der Waals surface area contributed by atoms with E-state index in [1.165, 1.54) is 18.4 Å². The molecule has 0 bridgehead atoms. The number of hydrogen-bond donors (Lipinski definition) is 2. The molecule has 0 unspecified atom stereocenters. The maximum Gasteiger partial charge on any atom is 0.191 e. The zero-order chi connectivity index (χ0) is 13.1. The molecule has 0 spiro atoms. The van der Waals surface area contributed by atoms with E-state index in [4.69, 9.17) is 4.74 Å². The Balaban J connectivity index is 1.67. The summed E-state index contributed by atoms with van der Waals surface area (Å²) >= 11 is 0. The number of rotatable bonds is 4. The van der Waals surface area contributed by atoms with Crippen molar-refractivity contribution in [2.24, 2.45) is 4.99 Å². The van der Waals surface area contributed by atoms with Gasteiger partial charge in [-0.25, -0.2) is 0 Å². The molecule has 1 aromatic rings. The highest BCUT2D eigenvalue weighted by Gasteiger charge is 2.44. The molecule has 0 aromatic heterocycles. The van der Waals surface area contributed by atoms with E-state index in [0.29, 0.717) is 0 Å². The Morgan fingerprint density at radius 3 is 3.00 bits per heavy atom. The second-order valence-electron chi connectivity index (χ2n) is 5.38. The zero-order valence-corrected chi connectivity index (χ0v) is 11.4. The van der Waals surface area contributed by atoms with Crippen molar-refractivity contribution in [2.45, 2.75) is 24.7 Å². The van der Waals surface area contributed by atoms with E-state index < -0.39 is 0 Å². The lowest BCUT2D eigenvalue weighted by molar-refractivity contribution is 0.413. The third kappa shape index (κ3) is 2.67. The van der Waals surface area contributed by atoms with Gasteiger partial charge in [0.25, 0.3) is 0 Å². The van der Waals surface area contributed by atoms with Crippen LogP contribution in [0.1, 0.15) is 24.8 Å². The molecule has 1 aromatic carbocycles. The molecule has 3 rings (SSSR count).